The molecule has 0 aliphatic rings. The average Bonchev–Trinajstić information content (AvgIpc) is 3.38. The Morgan fingerprint density at radius 2 is 1.97 bits per heavy atom. The third kappa shape index (κ3) is 6.77. The molecule has 0 saturated carbocycles. The van der Waals surface area contributed by atoms with Crippen LogP contribution in [0.5, 0.6) is 5.75 Å². The number of thiophene rings is 1. The molecule has 3 aromatic rings. The van der Waals surface area contributed by atoms with E-state index in [0.717, 1.165) is 16.3 Å². The summed E-state index contributed by atoms with van der Waals surface area (Å²) in [6.45, 7) is -0.255. The molecule has 0 fully saturated rings. The lowest BCUT2D eigenvalue weighted by molar-refractivity contribution is -0.134. The van der Waals surface area contributed by atoms with Gasteiger partial charge in [0.2, 0.25) is 10.0 Å². The summed E-state index contributed by atoms with van der Waals surface area (Å²) in [6, 6.07) is 14.5. The summed E-state index contributed by atoms with van der Waals surface area (Å²) < 4.78 is 33.2. The number of benzene rings is 1. The van der Waals surface area contributed by atoms with Crippen LogP contribution in [0.25, 0.3) is 10.6 Å². The smallest absolute Gasteiger partial charge is 0.267 e. The SMILES string of the molecule is COc1ccccc1C[C@@H](C(=O)NO)N(N)/C=C(\N)CNS(=O)(=O)c1ccc(-c2ccccn2)s1. The fraction of sp³-hybridized carbons (Fsp3) is 0.182. The predicted octanol–water partition coefficient (Wildman–Crippen LogP) is 1.19. The number of para-hydroxylation sites is 1. The lowest BCUT2D eigenvalue weighted by atomic mass is 10.0. The molecule has 2 heterocycles. The number of aromatic nitrogens is 1. The van der Waals surface area contributed by atoms with Crippen molar-refractivity contribution in [2.75, 3.05) is 13.7 Å². The van der Waals surface area contributed by atoms with Gasteiger partial charge in [-0.2, -0.15) is 0 Å². The van der Waals surface area contributed by atoms with Crippen LogP contribution < -0.4 is 26.5 Å². The summed E-state index contributed by atoms with van der Waals surface area (Å²) >= 11 is 1.07. The number of carbonyl (C=O) groups is 1. The Morgan fingerprint density at radius 1 is 1.23 bits per heavy atom. The van der Waals surface area contributed by atoms with Gasteiger partial charge in [0.1, 0.15) is 16.0 Å². The number of hydrazine groups is 1. The first-order chi connectivity index (χ1) is 16.7. The highest BCUT2D eigenvalue weighted by Gasteiger charge is 2.24. The predicted molar refractivity (Wildman–Crippen MR) is 131 cm³/mol. The molecule has 0 aliphatic carbocycles. The van der Waals surface area contributed by atoms with Gasteiger partial charge in [-0.3, -0.25) is 15.0 Å². The van der Waals surface area contributed by atoms with Gasteiger partial charge in [-0.05, 0) is 35.9 Å². The van der Waals surface area contributed by atoms with Crippen molar-refractivity contribution >= 4 is 27.3 Å². The minimum Gasteiger partial charge on any atom is -0.496 e. The number of nitrogens with zero attached hydrogens (tertiary/aromatic N) is 2. The van der Waals surface area contributed by atoms with Crippen LogP contribution in [0.4, 0.5) is 0 Å². The van der Waals surface area contributed by atoms with Crippen molar-refractivity contribution in [1.82, 2.24) is 20.2 Å². The van der Waals surface area contributed by atoms with E-state index in [0.29, 0.717) is 21.9 Å². The van der Waals surface area contributed by atoms with Crippen molar-refractivity contribution in [3.63, 3.8) is 0 Å². The summed E-state index contributed by atoms with van der Waals surface area (Å²) in [5.41, 5.74) is 8.95. The number of methoxy groups -OCH3 is 1. The zero-order valence-electron chi connectivity index (χ0n) is 18.8. The average molecular weight is 519 g/mol. The molecule has 0 saturated heterocycles. The molecule has 0 aliphatic heterocycles. The number of amides is 1. The Hall–Kier alpha value is -3.49. The monoisotopic (exact) mass is 518 g/mol. The number of nitrogens with two attached hydrogens (primary N) is 2. The number of pyridine rings is 1. The van der Waals surface area contributed by atoms with Crippen LogP contribution >= 0.6 is 11.3 Å². The molecule has 1 atom stereocenters. The van der Waals surface area contributed by atoms with E-state index in [2.05, 4.69) is 9.71 Å². The number of ether oxygens (including phenoxy) is 1. The van der Waals surface area contributed by atoms with Crippen molar-refractivity contribution in [3.8, 4) is 16.3 Å². The molecule has 3 rings (SSSR count). The number of nitrogens with one attached hydrogen (secondary N) is 2. The third-order valence-electron chi connectivity index (χ3n) is 4.92. The summed E-state index contributed by atoms with van der Waals surface area (Å²) in [6.07, 6.45) is 2.95. The summed E-state index contributed by atoms with van der Waals surface area (Å²) in [5.74, 6) is 5.80. The molecule has 13 heteroatoms. The zero-order chi connectivity index (χ0) is 25.4. The van der Waals surface area contributed by atoms with Gasteiger partial charge >= 0.3 is 0 Å². The largest absolute Gasteiger partial charge is 0.496 e. The van der Waals surface area contributed by atoms with Crippen LogP contribution in [0.1, 0.15) is 5.56 Å². The Labute approximate surface area is 207 Å². The molecule has 1 amide bonds. The van der Waals surface area contributed by atoms with E-state index in [1.54, 1.807) is 54.1 Å². The number of carbonyl (C=O) groups excluding carboxylic acids is 1. The number of hydroxylamine groups is 1. The second-order valence-corrected chi connectivity index (χ2v) is 10.4. The van der Waals surface area contributed by atoms with Gasteiger partial charge in [0.25, 0.3) is 5.91 Å². The molecule has 0 bridgehead atoms. The molecule has 1 aromatic carbocycles. The lowest BCUT2D eigenvalue weighted by Crippen LogP contribution is -2.49. The van der Waals surface area contributed by atoms with Crippen LogP contribution in [0.3, 0.4) is 0 Å². The van der Waals surface area contributed by atoms with Crippen molar-refractivity contribution in [2.45, 2.75) is 16.7 Å². The van der Waals surface area contributed by atoms with Gasteiger partial charge in [-0.25, -0.2) is 24.5 Å². The van der Waals surface area contributed by atoms with E-state index in [1.165, 1.54) is 19.4 Å². The van der Waals surface area contributed by atoms with Gasteiger partial charge < -0.3 is 15.5 Å². The number of hydrogen-bond acceptors (Lipinski definition) is 10. The first-order valence-corrected chi connectivity index (χ1v) is 12.6. The minimum absolute atomic E-state index is 0.0494. The molecule has 35 heavy (non-hydrogen) atoms. The lowest BCUT2D eigenvalue weighted by Gasteiger charge is -2.25. The number of rotatable bonds is 11. The van der Waals surface area contributed by atoms with E-state index in [1.807, 2.05) is 6.07 Å². The summed E-state index contributed by atoms with van der Waals surface area (Å²) in [5, 5.41) is 10.2. The van der Waals surface area contributed by atoms with Crippen molar-refractivity contribution in [3.05, 3.63) is 78.3 Å². The Bertz CT molecular complexity index is 1280. The first-order valence-electron chi connectivity index (χ1n) is 10.3. The summed E-state index contributed by atoms with van der Waals surface area (Å²) in [4.78, 5) is 17.2. The van der Waals surface area contributed by atoms with Crippen molar-refractivity contribution in [1.29, 1.82) is 0 Å². The molecular weight excluding hydrogens is 492 g/mol. The van der Waals surface area contributed by atoms with E-state index in [4.69, 9.17) is 21.5 Å². The highest BCUT2D eigenvalue weighted by molar-refractivity contribution is 7.91. The number of hydrogen-bond donors (Lipinski definition) is 5. The first kappa shape index (κ1) is 26.1. The van der Waals surface area contributed by atoms with Crippen molar-refractivity contribution in [2.24, 2.45) is 11.6 Å². The van der Waals surface area contributed by atoms with Crippen molar-refractivity contribution < 1.29 is 23.2 Å². The summed E-state index contributed by atoms with van der Waals surface area (Å²) in [7, 11) is -2.36. The van der Waals surface area contributed by atoms with E-state index in [-0.39, 0.29) is 22.9 Å². The molecule has 2 aromatic heterocycles. The maximum absolute atomic E-state index is 12.7. The third-order valence-corrected chi connectivity index (χ3v) is 7.92. The molecular formula is C22H26N6O5S2. The van der Waals surface area contributed by atoms with Crippen LogP contribution in [0.15, 0.2) is 76.9 Å². The van der Waals surface area contributed by atoms with Crippen LogP contribution in [-0.4, -0.2) is 49.2 Å². The maximum Gasteiger partial charge on any atom is 0.267 e. The van der Waals surface area contributed by atoms with Crippen LogP contribution in [0, 0.1) is 0 Å². The number of sulfonamides is 1. The van der Waals surface area contributed by atoms with Gasteiger partial charge in [-0.15, -0.1) is 11.3 Å². The highest BCUT2D eigenvalue weighted by Crippen LogP contribution is 2.29. The highest BCUT2D eigenvalue weighted by atomic mass is 32.2. The standard InChI is InChI=1S/C22H26N6O5S2/c1-33-19-8-3-2-6-15(19)12-18(22(29)27-30)28(24)14-16(23)13-26-35(31,32)21-10-9-20(34-21)17-7-4-5-11-25-17/h2-11,14,18,26,30H,12-13,23-24H2,1H3,(H,27,29)/b16-14-/t18-/m0/s1. The molecule has 186 valence electrons. The van der Waals surface area contributed by atoms with Gasteiger partial charge in [-0.1, -0.05) is 24.3 Å². The van der Waals surface area contributed by atoms with E-state index < -0.39 is 22.0 Å². The maximum atomic E-state index is 12.7. The van der Waals surface area contributed by atoms with Gasteiger partial charge in [0.15, 0.2) is 0 Å². The Morgan fingerprint density at radius 3 is 2.66 bits per heavy atom. The van der Waals surface area contributed by atoms with Crippen LogP contribution in [0.2, 0.25) is 0 Å². The fourth-order valence-corrected chi connectivity index (χ4v) is 5.52. The Balaban J connectivity index is 1.69. The van der Waals surface area contributed by atoms with Gasteiger partial charge in [0, 0.05) is 24.5 Å². The topological polar surface area (TPSA) is 173 Å². The molecule has 11 nitrogen and oxygen atoms in total. The quantitative estimate of drug-likeness (QED) is 0.142. The molecule has 0 spiro atoms. The fourth-order valence-electron chi connectivity index (χ4n) is 3.18. The molecule has 0 radical (unpaired) electrons. The Kier molecular flexibility index (Phi) is 8.78. The van der Waals surface area contributed by atoms with Crippen LogP contribution in [-0.2, 0) is 21.2 Å². The normalized spacial score (nSPS) is 12.7. The van der Waals surface area contributed by atoms with E-state index >= 15 is 0 Å². The second kappa shape index (κ2) is 11.8. The zero-order valence-corrected chi connectivity index (χ0v) is 20.4. The van der Waals surface area contributed by atoms with Gasteiger partial charge in [0.05, 0.1) is 24.2 Å². The second-order valence-electron chi connectivity index (χ2n) is 7.32. The molecule has 7 N–H and O–H groups in total. The van der Waals surface area contributed by atoms with E-state index in [9.17, 15) is 13.2 Å². The minimum atomic E-state index is -3.85. The molecule has 0 unspecified atom stereocenters.